The molecule has 0 saturated carbocycles. The lowest BCUT2D eigenvalue weighted by Crippen LogP contribution is -2.16. The van der Waals surface area contributed by atoms with Crippen LogP contribution in [0.5, 0.6) is 0 Å². The highest BCUT2D eigenvalue weighted by molar-refractivity contribution is 6.42. The number of hydrogen-bond acceptors (Lipinski definition) is 6. The molecule has 0 aliphatic rings. The fraction of sp³-hybridized carbons (Fsp3) is 0.118. The molecule has 11 heteroatoms. The lowest BCUT2D eigenvalue weighted by molar-refractivity contribution is 0.690. The van der Waals surface area contributed by atoms with E-state index in [9.17, 15) is 4.79 Å². The van der Waals surface area contributed by atoms with Crippen molar-refractivity contribution in [3.63, 3.8) is 0 Å². The SMILES string of the molecule is Cl.O=c1[nH]c(NCc2ccc(Cl)c(Cl)c2)nc2cnn(Cc3cnccn3)c12. The van der Waals surface area contributed by atoms with Gasteiger partial charge in [0.1, 0.15) is 5.52 Å². The lowest BCUT2D eigenvalue weighted by Gasteiger charge is -2.07. The summed E-state index contributed by atoms with van der Waals surface area (Å²) in [4.78, 5) is 27.9. The van der Waals surface area contributed by atoms with Gasteiger partial charge in [-0.1, -0.05) is 29.3 Å². The van der Waals surface area contributed by atoms with Crippen LogP contribution in [0.1, 0.15) is 11.3 Å². The molecule has 0 aliphatic heterocycles. The monoisotopic (exact) mass is 437 g/mol. The van der Waals surface area contributed by atoms with Crippen LogP contribution >= 0.6 is 35.6 Å². The van der Waals surface area contributed by atoms with Gasteiger partial charge >= 0.3 is 0 Å². The number of H-pyrrole nitrogens is 1. The largest absolute Gasteiger partial charge is 0.352 e. The van der Waals surface area contributed by atoms with Crippen molar-refractivity contribution in [2.45, 2.75) is 13.1 Å². The highest BCUT2D eigenvalue weighted by Crippen LogP contribution is 2.22. The highest BCUT2D eigenvalue weighted by Gasteiger charge is 2.11. The van der Waals surface area contributed by atoms with E-state index in [2.05, 4.69) is 30.4 Å². The minimum Gasteiger partial charge on any atom is -0.352 e. The van der Waals surface area contributed by atoms with Gasteiger partial charge in [0, 0.05) is 18.9 Å². The predicted octanol–water partition coefficient (Wildman–Crippen LogP) is 3.30. The van der Waals surface area contributed by atoms with E-state index in [4.69, 9.17) is 23.2 Å². The van der Waals surface area contributed by atoms with Crippen LogP contribution in [0, 0.1) is 0 Å². The number of nitrogens with zero attached hydrogens (tertiary/aromatic N) is 5. The first-order chi connectivity index (χ1) is 13.1. The summed E-state index contributed by atoms with van der Waals surface area (Å²) in [5.74, 6) is 0.345. The Bertz CT molecular complexity index is 1160. The summed E-state index contributed by atoms with van der Waals surface area (Å²) in [5.41, 5.74) is 2.17. The maximum Gasteiger partial charge on any atom is 0.278 e. The molecular weight excluding hydrogens is 425 g/mol. The van der Waals surface area contributed by atoms with Crippen molar-refractivity contribution < 1.29 is 0 Å². The maximum absolute atomic E-state index is 12.5. The number of aromatic nitrogens is 6. The zero-order valence-corrected chi connectivity index (χ0v) is 16.6. The second kappa shape index (κ2) is 8.55. The quantitative estimate of drug-likeness (QED) is 0.496. The Hall–Kier alpha value is -2.68. The average molecular weight is 439 g/mol. The molecule has 0 unspecified atom stereocenters. The van der Waals surface area contributed by atoms with Gasteiger partial charge in [-0.15, -0.1) is 12.4 Å². The second-order valence-corrected chi connectivity index (χ2v) is 6.56. The molecule has 0 bridgehead atoms. The van der Waals surface area contributed by atoms with Gasteiger partial charge in [0.05, 0.1) is 34.7 Å². The molecule has 3 heterocycles. The van der Waals surface area contributed by atoms with Gasteiger partial charge in [-0.25, -0.2) is 4.98 Å². The van der Waals surface area contributed by atoms with Crippen LogP contribution in [-0.2, 0) is 13.1 Å². The number of anilines is 1. The number of rotatable bonds is 5. The first-order valence-corrected chi connectivity index (χ1v) is 8.74. The summed E-state index contributed by atoms with van der Waals surface area (Å²) < 4.78 is 1.55. The fourth-order valence-electron chi connectivity index (χ4n) is 2.61. The third-order valence-electron chi connectivity index (χ3n) is 3.87. The van der Waals surface area contributed by atoms with E-state index in [0.717, 1.165) is 5.56 Å². The number of fused-ring (bicyclic) bond motifs is 1. The second-order valence-electron chi connectivity index (χ2n) is 5.75. The van der Waals surface area contributed by atoms with Crippen LogP contribution in [0.4, 0.5) is 5.95 Å². The van der Waals surface area contributed by atoms with Crippen molar-refractivity contribution in [3.8, 4) is 0 Å². The fourth-order valence-corrected chi connectivity index (χ4v) is 2.93. The Kier molecular flexibility index (Phi) is 6.13. The minimum atomic E-state index is -0.293. The molecule has 8 nitrogen and oxygen atoms in total. The Labute approximate surface area is 175 Å². The van der Waals surface area contributed by atoms with Crippen LogP contribution in [0.3, 0.4) is 0 Å². The van der Waals surface area contributed by atoms with Crippen LogP contribution in [-0.4, -0.2) is 29.7 Å². The van der Waals surface area contributed by atoms with E-state index in [1.807, 2.05) is 6.07 Å². The molecule has 0 radical (unpaired) electrons. The molecule has 4 rings (SSSR count). The van der Waals surface area contributed by atoms with E-state index in [1.54, 1.807) is 41.6 Å². The Morgan fingerprint density at radius 2 is 2.00 bits per heavy atom. The molecule has 0 atom stereocenters. The Morgan fingerprint density at radius 3 is 2.75 bits per heavy atom. The molecule has 0 amide bonds. The van der Waals surface area contributed by atoms with Crippen molar-refractivity contribution >= 4 is 52.6 Å². The number of nitrogens with one attached hydrogen (secondary N) is 2. The molecule has 0 saturated heterocycles. The zero-order chi connectivity index (χ0) is 18.8. The summed E-state index contributed by atoms with van der Waals surface area (Å²) in [6.45, 7) is 0.761. The molecule has 4 aromatic rings. The van der Waals surface area contributed by atoms with Crippen LogP contribution in [0.2, 0.25) is 10.0 Å². The minimum absolute atomic E-state index is 0. The topological polar surface area (TPSA) is 101 Å². The number of halogens is 3. The van der Waals surface area contributed by atoms with E-state index >= 15 is 0 Å². The maximum atomic E-state index is 12.5. The molecule has 3 aromatic heterocycles. The van der Waals surface area contributed by atoms with Crippen molar-refractivity contribution in [3.05, 3.63) is 74.6 Å². The van der Waals surface area contributed by atoms with E-state index in [0.29, 0.717) is 45.8 Å². The van der Waals surface area contributed by atoms with Crippen molar-refractivity contribution in [2.75, 3.05) is 5.32 Å². The molecule has 0 spiro atoms. The van der Waals surface area contributed by atoms with Gasteiger partial charge in [0.2, 0.25) is 5.95 Å². The average Bonchev–Trinajstić information content (AvgIpc) is 3.07. The molecular formula is C17H14Cl3N7O. The lowest BCUT2D eigenvalue weighted by atomic mass is 10.2. The molecule has 0 aliphatic carbocycles. The Balaban J connectivity index is 0.00000225. The number of hydrogen-bond donors (Lipinski definition) is 2. The summed E-state index contributed by atoms with van der Waals surface area (Å²) in [6, 6.07) is 5.32. The van der Waals surface area contributed by atoms with Gasteiger partial charge in [0.25, 0.3) is 5.56 Å². The standard InChI is InChI=1S/C17H13Cl2N7O.ClH/c18-12-2-1-10(5-13(12)19)6-22-17-24-14-8-23-26(15(14)16(27)25-17)9-11-7-20-3-4-21-11;/h1-5,7-8H,6,9H2,(H2,22,24,25,27);1H. The summed E-state index contributed by atoms with van der Waals surface area (Å²) in [5, 5.41) is 8.27. The van der Waals surface area contributed by atoms with Crippen LogP contribution in [0.25, 0.3) is 11.0 Å². The smallest absolute Gasteiger partial charge is 0.278 e. The van der Waals surface area contributed by atoms with Gasteiger partial charge in [0.15, 0.2) is 5.52 Å². The summed E-state index contributed by atoms with van der Waals surface area (Å²) >= 11 is 11.9. The first kappa shape index (κ1) is 20.1. The van der Waals surface area contributed by atoms with Gasteiger partial charge in [-0.05, 0) is 17.7 Å². The Morgan fingerprint density at radius 1 is 1.14 bits per heavy atom. The summed E-state index contributed by atoms with van der Waals surface area (Å²) in [6.07, 6.45) is 6.35. The van der Waals surface area contributed by atoms with Crippen LogP contribution in [0.15, 0.2) is 47.8 Å². The van der Waals surface area contributed by atoms with E-state index < -0.39 is 0 Å². The van der Waals surface area contributed by atoms with Gasteiger partial charge < -0.3 is 5.32 Å². The zero-order valence-electron chi connectivity index (χ0n) is 14.3. The molecule has 2 N–H and O–H groups in total. The number of aromatic amines is 1. The van der Waals surface area contributed by atoms with Crippen molar-refractivity contribution in [1.29, 1.82) is 0 Å². The normalized spacial score (nSPS) is 10.6. The number of benzene rings is 1. The first-order valence-electron chi connectivity index (χ1n) is 7.98. The molecule has 0 fully saturated rings. The third-order valence-corrected chi connectivity index (χ3v) is 4.61. The third kappa shape index (κ3) is 4.24. The molecule has 28 heavy (non-hydrogen) atoms. The van der Waals surface area contributed by atoms with Crippen molar-refractivity contribution in [2.24, 2.45) is 0 Å². The predicted molar refractivity (Wildman–Crippen MR) is 110 cm³/mol. The molecule has 1 aromatic carbocycles. The summed E-state index contributed by atoms with van der Waals surface area (Å²) in [7, 11) is 0. The van der Waals surface area contributed by atoms with Gasteiger partial charge in [-0.3, -0.25) is 24.4 Å². The van der Waals surface area contributed by atoms with E-state index in [-0.39, 0.29) is 18.0 Å². The van der Waals surface area contributed by atoms with E-state index in [1.165, 1.54) is 0 Å². The highest BCUT2D eigenvalue weighted by atomic mass is 35.5. The van der Waals surface area contributed by atoms with Crippen LogP contribution < -0.4 is 10.9 Å². The van der Waals surface area contributed by atoms with Gasteiger partial charge in [-0.2, -0.15) is 5.10 Å². The van der Waals surface area contributed by atoms with Crippen molar-refractivity contribution in [1.82, 2.24) is 29.7 Å². The molecule has 144 valence electrons.